The van der Waals surface area contributed by atoms with Crippen LogP contribution in [0.15, 0.2) is 34.9 Å². The van der Waals surface area contributed by atoms with Gasteiger partial charge < -0.3 is 14.5 Å². The van der Waals surface area contributed by atoms with Gasteiger partial charge in [-0.25, -0.2) is 4.79 Å². The fourth-order valence-corrected chi connectivity index (χ4v) is 1.76. The number of ether oxygens (including phenoxy) is 1. The van der Waals surface area contributed by atoms with Crippen LogP contribution in [-0.4, -0.2) is 29.3 Å². The number of methoxy groups -OCH3 is 1. The fraction of sp³-hybridized carbons (Fsp3) is 0.357. The Kier molecular flexibility index (Phi) is 4.70. The van der Waals surface area contributed by atoms with Crippen molar-refractivity contribution in [1.82, 2.24) is 10.2 Å². The Bertz CT molecular complexity index is 537. The number of aromatic nitrogens is 2. The second kappa shape index (κ2) is 6.70. The molecule has 1 N–H and O–H groups in total. The number of furan rings is 1. The molecule has 0 amide bonds. The van der Waals surface area contributed by atoms with Gasteiger partial charge in [-0.15, -0.1) is 10.2 Å². The molecule has 6 nitrogen and oxygen atoms in total. The van der Waals surface area contributed by atoms with E-state index >= 15 is 0 Å². The minimum absolute atomic E-state index is 0.196. The summed E-state index contributed by atoms with van der Waals surface area (Å²) in [6, 6.07) is 7.35. The van der Waals surface area contributed by atoms with Crippen LogP contribution in [0, 0.1) is 0 Å². The summed E-state index contributed by atoms with van der Waals surface area (Å²) in [6.45, 7) is 2.05. The van der Waals surface area contributed by atoms with E-state index in [1.807, 2.05) is 12.1 Å². The Balaban J connectivity index is 1.84. The molecule has 0 aromatic carbocycles. The van der Waals surface area contributed by atoms with E-state index in [0.29, 0.717) is 5.82 Å². The van der Waals surface area contributed by atoms with E-state index in [-0.39, 0.29) is 11.7 Å². The highest BCUT2D eigenvalue weighted by atomic mass is 16.5. The first kappa shape index (κ1) is 14.0. The third-order valence-corrected chi connectivity index (χ3v) is 2.86. The van der Waals surface area contributed by atoms with Gasteiger partial charge in [0.2, 0.25) is 0 Å². The number of carbonyl (C=O) groups excluding carboxylic acids is 1. The van der Waals surface area contributed by atoms with Crippen LogP contribution in [0.3, 0.4) is 0 Å². The number of aryl methyl sites for hydroxylation is 1. The van der Waals surface area contributed by atoms with E-state index < -0.39 is 5.97 Å². The highest BCUT2D eigenvalue weighted by Gasteiger charge is 2.09. The van der Waals surface area contributed by atoms with Gasteiger partial charge in [-0.1, -0.05) is 0 Å². The van der Waals surface area contributed by atoms with Gasteiger partial charge in [0.05, 0.1) is 13.4 Å². The molecule has 1 unspecified atom stereocenters. The molecular weight excluding hydrogens is 258 g/mol. The van der Waals surface area contributed by atoms with Crippen molar-refractivity contribution in [3.05, 3.63) is 42.0 Å². The summed E-state index contributed by atoms with van der Waals surface area (Å²) in [5.74, 6) is 1.10. The Labute approximate surface area is 117 Å². The molecule has 0 saturated heterocycles. The third kappa shape index (κ3) is 3.81. The molecular formula is C14H17N3O3. The minimum atomic E-state index is -0.491. The molecule has 0 aliphatic carbocycles. The number of rotatable bonds is 6. The molecule has 0 spiro atoms. The highest BCUT2D eigenvalue weighted by Crippen LogP contribution is 2.10. The molecule has 6 heteroatoms. The smallest absolute Gasteiger partial charge is 0.358 e. The second-order valence-electron chi connectivity index (χ2n) is 4.46. The van der Waals surface area contributed by atoms with Crippen molar-refractivity contribution in [3.63, 3.8) is 0 Å². The van der Waals surface area contributed by atoms with Gasteiger partial charge in [0.25, 0.3) is 0 Å². The van der Waals surface area contributed by atoms with Gasteiger partial charge in [-0.2, -0.15) is 0 Å². The van der Waals surface area contributed by atoms with Crippen LogP contribution in [0.25, 0.3) is 0 Å². The van der Waals surface area contributed by atoms with Gasteiger partial charge in [0, 0.05) is 12.5 Å². The van der Waals surface area contributed by atoms with Crippen LogP contribution in [0.1, 0.15) is 29.6 Å². The zero-order chi connectivity index (χ0) is 14.4. The first-order valence-electron chi connectivity index (χ1n) is 6.40. The second-order valence-corrected chi connectivity index (χ2v) is 4.46. The SMILES string of the molecule is COC(=O)c1ccc(NC(C)CCc2ccco2)nn1. The third-order valence-electron chi connectivity index (χ3n) is 2.86. The molecule has 0 aliphatic heterocycles. The molecule has 2 aromatic heterocycles. The fourth-order valence-electron chi connectivity index (χ4n) is 1.76. The lowest BCUT2D eigenvalue weighted by atomic mass is 10.1. The predicted molar refractivity (Wildman–Crippen MR) is 73.5 cm³/mol. The number of hydrogen-bond acceptors (Lipinski definition) is 6. The Hall–Kier alpha value is -2.37. The number of hydrogen-bond donors (Lipinski definition) is 1. The average molecular weight is 275 g/mol. The lowest BCUT2D eigenvalue weighted by molar-refractivity contribution is 0.0593. The molecule has 0 bridgehead atoms. The summed E-state index contributed by atoms with van der Waals surface area (Å²) in [4.78, 5) is 11.2. The van der Waals surface area contributed by atoms with Gasteiger partial charge in [-0.05, 0) is 37.6 Å². The number of nitrogens with one attached hydrogen (secondary N) is 1. The molecule has 2 aromatic rings. The van der Waals surface area contributed by atoms with Crippen molar-refractivity contribution in [3.8, 4) is 0 Å². The monoisotopic (exact) mass is 275 g/mol. The summed E-state index contributed by atoms with van der Waals surface area (Å²) < 4.78 is 9.85. The lowest BCUT2D eigenvalue weighted by Gasteiger charge is -2.13. The molecule has 1 atom stereocenters. The number of anilines is 1. The normalized spacial score (nSPS) is 11.9. The van der Waals surface area contributed by atoms with Crippen molar-refractivity contribution in [2.75, 3.05) is 12.4 Å². The first-order chi connectivity index (χ1) is 9.69. The van der Waals surface area contributed by atoms with Crippen LogP contribution in [0.2, 0.25) is 0 Å². The Morgan fingerprint density at radius 3 is 2.85 bits per heavy atom. The summed E-state index contributed by atoms with van der Waals surface area (Å²) in [5.41, 5.74) is 0.196. The minimum Gasteiger partial charge on any atom is -0.469 e. The molecule has 2 rings (SSSR count). The summed E-state index contributed by atoms with van der Waals surface area (Å²) >= 11 is 0. The topological polar surface area (TPSA) is 77.2 Å². The molecule has 0 fully saturated rings. The van der Waals surface area contributed by atoms with Gasteiger partial charge >= 0.3 is 5.97 Å². The van der Waals surface area contributed by atoms with Crippen molar-refractivity contribution < 1.29 is 13.9 Å². The quantitative estimate of drug-likeness (QED) is 0.815. The van der Waals surface area contributed by atoms with Gasteiger partial charge in [0.1, 0.15) is 11.6 Å². The Morgan fingerprint density at radius 2 is 2.25 bits per heavy atom. The van der Waals surface area contributed by atoms with Crippen LogP contribution in [-0.2, 0) is 11.2 Å². The highest BCUT2D eigenvalue weighted by molar-refractivity contribution is 5.86. The molecule has 0 aliphatic rings. The number of esters is 1. The van der Waals surface area contributed by atoms with E-state index in [1.165, 1.54) is 7.11 Å². The van der Waals surface area contributed by atoms with Crippen molar-refractivity contribution in [2.24, 2.45) is 0 Å². The average Bonchev–Trinajstić information content (AvgIpc) is 2.98. The van der Waals surface area contributed by atoms with Crippen molar-refractivity contribution >= 4 is 11.8 Å². The maximum absolute atomic E-state index is 11.2. The van der Waals surface area contributed by atoms with Crippen LogP contribution in [0.5, 0.6) is 0 Å². The maximum atomic E-state index is 11.2. The van der Waals surface area contributed by atoms with Crippen LogP contribution >= 0.6 is 0 Å². The lowest BCUT2D eigenvalue weighted by Crippen LogP contribution is -2.17. The summed E-state index contributed by atoms with van der Waals surface area (Å²) in [7, 11) is 1.31. The molecule has 2 heterocycles. The van der Waals surface area contributed by atoms with Crippen molar-refractivity contribution in [1.29, 1.82) is 0 Å². The summed E-state index contributed by atoms with van der Waals surface area (Å²) in [6.07, 6.45) is 3.44. The van der Waals surface area contributed by atoms with Gasteiger partial charge in [-0.3, -0.25) is 0 Å². The van der Waals surface area contributed by atoms with E-state index in [2.05, 4.69) is 27.2 Å². The van der Waals surface area contributed by atoms with E-state index in [0.717, 1.165) is 18.6 Å². The number of nitrogens with zero attached hydrogens (tertiary/aromatic N) is 2. The molecule has 20 heavy (non-hydrogen) atoms. The zero-order valence-corrected chi connectivity index (χ0v) is 11.5. The van der Waals surface area contributed by atoms with E-state index in [9.17, 15) is 4.79 Å². The largest absolute Gasteiger partial charge is 0.469 e. The van der Waals surface area contributed by atoms with E-state index in [4.69, 9.17) is 4.42 Å². The molecule has 106 valence electrons. The van der Waals surface area contributed by atoms with Gasteiger partial charge in [0.15, 0.2) is 5.69 Å². The van der Waals surface area contributed by atoms with Crippen LogP contribution in [0.4, 0.5) is 5.82 Å². The molecule has 0 radical (unpaired) electrons. The predicted octanol–water partition coefficient (Wildman–Crippen LogP) is 2.29. The standard InChI is InChI=1S/C14H17N3O3/c1-10(5-6-11-4-3-9-20-11)15-13-8-7-12(16-17-13)14(18)19-2/h3-4,7-10H,5-6H2,1-2H3,(H,15,17). The Morgan fingerprint density at radius 1 is 1.40 bits per heavy atom. The summed E-state index contributed by atoms with van der Waals surface area (Å²) in [5, 5.41) is 11.0. The molecule has 0 saturated carbocycles. The van der Waals surface area contributed by atoms with Crippen LogP contribution < -0.4 is 5.32 Å². The first-order valence-corrected chi connectivity index (χ1v) is 6.40. The maximum Gasteiger partial charge on any atom is 0.358 e. The number of carbonyl (C=O) groups is 1. The van der Waals surface area contributed by atoms with Crippen molar-refractivity contribution in [2.45, 2.75) is 25.8 Å². The zero-order valence-electron chi connectivity index (χ0n) is 11.5. The van der Waals surface area contributed by atoms with E-state index in [1.54, 1.807) is 18.4 Å².